The van der Waals surface area contributed by atoms with E-state index in [2.05, 4.69) is 5.32 Å². The summed E-state index contributed by atoms with van der Waals surface area (Å²) in [5, 5.41) is 21.2. The van der Waals surface area contributed by atoms with Gasteiger partial charge in [-0.2, -0.15) is 0 Å². The Kier molecular flexibility index (Phi) is 4.80. The van der Waals surface area contributed by atoms with Gasteiger partial charge >= 0.3 is 7.12 Å². The van der Waals surface area contributed by atoms with Gasteiger partial charge in [-0.1, -0.05) is 23.7 Å². The third-order valence-corrected chi connectivity index (χ3v) is 2.62. The summed E-state index contributed by atoms with van der Waals surface area (Å²) in [6, 6.07) is 4.73. The van der Waals surface area contributed by atoms with Gasteiger partial charge in [-0.3, -0.25) is 4.79 Å². The van der Waals surface area contributed by atoms with E-state index in [1.807, 2.05) is 6.92 Å². The summed E-state index contributed by atoms with van der Waals surface area (Å²) in [5.74, 6) is 0. The van der Waals surface area contributed by atoms with E-state index in [0.29, 0.717) is 23.3 Å². The SMILES string of the molecule is CC(Cc1cc(B(O)O)ccc1Cl)NC=O. The van der Waals surface area contributed by atoms with Crippen molar-refractivity contribution in [3.63, 3.8) is 0 Å². The minimum atomic E-state index is -1.51. The summed E-state index contributed by atoms with van der Waals surface area (Å²) in [7, 11) is -1.51. The molecule has 0 heterocycles. The zero-order chi connectivity index (χ0) is 12.1. The van der Waals surface area contributed by atoms with Crippen LogP contribution in [0.2, 0.25) is 5.02 Å². The number of carbonyl (C=O) groups is 1. The Balaban J connectivity index is 2.85. The van der Waals surface area contributed by atoms with Gasteiger partial charge in [-0.05, 0) is 30.4 Å². The number of rotatable bonds is 5. The van der Waals surface area contributed by atoms with Crippen LogP contribution in [0.15, 0.2) is 18.2 Å². The first-order chi connectivity index (χ1) is 7.54. The number of carbonyl (C=O) groups excluding carboxylic acids is 1. The molecule has 1 aromatic rings. The van der Waals surface area contributed by atoms with E-state index in [0.717, 1.165) is 5.56 Å². The summed E-state index contributed by atoms with van der Waals surface area (Å²) in [4.78, 5) is 10.2. The van der Waals surface area contributed by atoms with Gasteiger partial charge in [0.05, 0.1) is 0 Å². The summed E-state index contributed by atoms with van der Waals surface area (Å²) < 4.78 is 0. The largest absolute Gasteiger partial charge is 0.488 e. The normalized spacial score (nSPS) is 12.0. The molecule has 16 heavy (non-hydrogen) atoms. The summed E-state index contributed by atoms with van der Waals surface area (Å²) in [6.45, 7) is 1.84. The van der Waals surface area contributed by atoms with Crippen molar-refractivity contribution in [2.45, 2.75) is 19.4 Å². The third-order valence-electron chi connectivity index (χ3n) is 2.25. The molecule has 86 valence electrons. The Labute approximate surface area is 99.4 Å². The molecule has 0 aliphatic carbocycles. The molecule has 1 unspecified atom stereocenters. The van der Waals surface area contributed by atoms with Crippen molar-refractivity contribution in [3.05, 3.63) is 28.8 Å². The molecular formula is C10H13BClNO3. The number of nitrogens with one attached hydrogen (secondary N) is 1. The molecule has 0 spiro atoms. The number of hydrogen-bond acceptors (Lipinski definition) is 3. The molecule has 0 saturated carbocycles. The molecule has 1 rings (SSSR count). The molecule has 3 N–H and O–H groups in total. The van der Waals surface area contributed by atoms with Crippen LogP contribution in [0.5, 0.6) is 0 Å². The van der Waals surface area contributed by atoms with Crippen LogP contribution in [-0.2, 0) is 11.2 Å². The first-order valence-electron chi connectivity index (χ1n) is 4.88. The van der Waals surface area contributed by atoms with Crippen molar-refractivity contribution in [1.82, 2.24) is 5.32 Å². The summed E-state index contributed by atoms with van der Waals surface area (Å²) in [6.07, 6.45) is 1.17. The molecule has 1 aromatic carbocycles. The fourth-order valence-electron chi connectivity index (χ4n) is 1.42. The fraction of sp³-hybridized carbons (Fsp3) is 0.300. The lowest BCUT2D eigenvalue weighted by molar-refractivity contribution is -0.110. The standard InChI is InChI=1S/C10H13BClNO3/c1-7(13-6-14)4-8-5-9(11(15)16)2-3-10(8)12/h2-3,5-7,15-16H,4H2,1H3,(H,13,14). The van der Waals surface area contributed by atoms with Crippen LogP contribution in [0.25, 0.3) is 0 Å². The Morgan fingerprint density at radius 3 is 2.81 bits per heavy atom. The van der Waals surface area contributed by atoms with Crippen molar-refractivity contribution in [2.24, 2.45) is 0 Å². The highest BCUT2D eigenvalue weighted by molar-refractivity contribution is 6.58. The van der Waals surface area contributed by atoms with Crippen LogP contribution < -0.4 is 10.8 Å². The molecule has 0 aliphatic heterocycles. The maximum atomic E-state index is 10.2. The first-order valence-corrected chi connectivity index (χ1v) is 5.26. The van der Waals surface area contributed by atoms with Crippen molar-refractivity contribution in [1.29, 1.82) is 0 Å². The van der Waals surface area contributed by atoms with Crippen molar-refractivity contribution >= 4 is 30.6 Å². The summed E-state index contributed by atoms with van der Waals surface area (Å²) >= 11 is 5.97. The van der Waals surface area contributed by atoms with E-state index < -0.39 is 7.12 Å². The van der Waals surface area contributed by atoms with Gasteiger partial charge < -0.3 is 15.4 Å². The molecule has 1 amide bonds. The van der Waals surface area contributed by atoms with Crippen molar-refractivity contribution < 1.29 is 14.8 Å². The molecule has 0 aliphatic rings. The second-order valence-corrected chi connectivity index (χ2v) is 4.02. The average Bonchev–Trinajstić information content (AvgIpc) is 2.21. The lowest BCUT2D eigenvalue weighted by Crippen LogP contribution is -2.31. The zero-order valence-electron chi connectivity index (χ0n) is 8.85. The minimum absolute atomic E-state index is 0.0546. The van der Waals surface area contributed by atoms with Gasteiger partial charge in [0.1, 0.15) is 0 Å². The summed E-state index contributed by atoms with van der Waals surface area (Å²) in [5.41, 5.74) is 1.16. The van der Waals surface area contributed by atoms with E-state index in [9.17, 15) is 4.79 Å². The Morgan fingerprint density at radius 2 is 2.25 bits per heavy atom. The fourth-order valence-corrected chi connectivity index (χ4v) is 1.61. The predicted octanol–water partition coefficient (Wildman–Crippen LogP) is -0.303. The van der Waals surface area contributed by atoms with Gasteiger partial charge in [0.15, 0.2) is 0 Å². The maximum absolute atomic E-state index is 10.2. The second kappa shape index (κ2) is 5.89. The predicted molar refractivity (Wildman–Crippen MR) is 63.6 cm³/mol. The number of amides is 1. The maximum Gasteiger partial charge on any atom is 0.488 e. The third kappa shape index (κ3) is 3.52. The van der Waals surface area contributed by atoms with E-state index in [1.165, 1.54) is 0 Å². The van der Waals surface area contributed by atoms with E-state index in [1.54, 1.807) is 18.2 Å². The van der Waals surface area contributed by atoms with Crippen molar-refractivity contribution in [3.8, 4) is 0 Å². The lowest BCUT2D eigenvalue weighted by Gasteiger charge is -2.12. The molecule has 0 aromatic heterocycles. The van der Waals surface area contributed by atoms with E-state index in [4.69, 9.17) is 21.6 Å². The highest BCUT2D eigenvalue weighted by Gasteiger charge is 2.14. The van der Waals surface area contributed by atoms with Gasteiger partial charge in [0.2, 0.25) is 6.41 Å². The molecule has 6 heteroatoms. The Hall–Kier alpha value is -1.04. The second-order valence-electron chi connectivity index (χ2n) is 3.61. The molecular weight excluding hydrogens is 228 g/mol. The average molecular weight is 241 g/mol. The van der Waals surface area contributed by atoms with Crippen LogP contribution in [0.3, 0.4) is 0 Å². The van der Waals surface area contributed by atoms with Crippen LogP contribution in [0.1, 0.15) is 12.5 Å². The van der Waals surface area contributed by atoms with Crippen LogP contribution in [0, 0.1) is 0 Å². The molecule has 0 bridgehead atoms. The Bertz CT molecular complexity index is 373. The number of benzene rings is 1. The highest BCUT2D eigenvalue weighted by Crippen LogP contribution is 2.15. The molecule has 0 saturated heterocycles. The van der Waals surface area contributed by atoms with Gasteiger partial charge in [0, 0.05) is 11.1 Å². The number of hydrogen-bond donors (Lipinski definition) is 3. The molecule has 0 fully saturated rings. The first kappa shape index (κ1) is 13.0. The van der Waals surface area contributed by atoms with Gasteiger partial charge in [-0.25, -0.2) is 0 Å². The lowest BCUT2D eigenvalue weighted by atomic mass is 9.79. The molecule has 1 atom stereocenters. The zero-order valence-corrected chi connectivity index (χ0v) is 9.61. The topological polar surface area (TPSA) is 69.6 Å². The van der Waals surface area contributed by atoms with Gasteiger partial charge in [-0.15, -0.1) is 0 Å². The molecule has 0 radical (unpaired) electrons. The van der Waals surface area contributed by atoms with E-state index >= 15 is 0 Å². The van der Waals surface area contributed by atoms with Crippen molar-refractivity contribution in [2.75, 3.05) is 0 Å². The number of halogens is 1. The quantitative estimate of drug-likeness (QED) is 0.490. The van der Waals surface area contributed by atoms with E-state index in [-0.39, 0.29) is 6.04 Å². The monoisotopic (exact) mass is 241 g/mol. The Morgan fingerprint density at radius 1 is 1.56 bits per heavy atom. The van der Waals surface area contributed by atoms with Crippen LogP contribution in [-0.4, -0.2) is 29.6 Å². The van der Waals surface area contributed by atoms with Gasteiger partial charge in [0.25, 0.3) is 0 Å². The van der Waals surface area contributed by atoms with Crippen LogP contribution in [0.4, 0.5) is 0 Å². The van der Waals surface area contributed by atoms with Crippen LogP contribution >= 0.6 is 11.6 Å². The molecule has 4 nitrogen and oxygen atoms in total. The highest BCUT2D eigenvalue weighted by atomic mass is 35.5. The minimum Gasteiger partial charge on any atom is -0.423 e. The smallest absolute Gasteiger partial charge is 0.423 e.